The monoisotopic (exact) mass is 291 g/mol. The SMILES string of the molecule is CCn1ccc(CNc2cnn(CC(F)F)c2)n1.Cl. The summed E-state index contributed by atoms with van der Waals surface area (Å²) < 4.78 is 27.3. The summed E-state index contributed by atoms with van der Waals surface area (Å²) >= 11 is 0. The summed E-state index contributed by atoms with van der Waals surface area (Å²) in [5, 5.41) is 11.2. The summed E-state index contributed by atoms with van der Waals surface area (Å²) in [6.07, 6.45) is 2.59. The lowest BCUT2D eigenvalue weighted by Crippen LogP contribution is -2.06. The summed E-state index contributed by atoms with van der Waals surface area (Å²) in [7, 11) is 0. The average molecular weight is 292 g/mol. The van der Waals surface area contributed by atoms with Gasteiger partial charge in [-0.1, -0.05) is 0 Å². The highest BCUT2D eigenvalue weighted by molar-refractivity contribution is 5.85. The van der Waals surface area contributed by atoms with Crippen LogP contribution in [0.5, 0.6) is 0 Å². The van der Waals surface area contributed by atoms with Gasteiger partial charge in [0, 0.05) is 18.9 Å². The molecule has 0 amide bonds. The van der Waals surface area contributed by atoms with Crippen molar-refractivity contribution in [3.8, 4) is 0 Å². The molecular formula is C11H16ClF2N5. The van der Waals surface area contributed by atoms with Crippen LogP contribution in [-0.2, 0) is 19.6 Å². The first-order chi connectivity index (χ1) is 8.67. The van der Waals surface area contributed by atoms with Crippen molar-refractivity contribution in [3.05, 3.63) is 30.4 Å². The lowest BCUT2D eigenvalue weighted by atomic mass is 10.4. The molecule has 19 heavy (non-hydrogen) atoms. The average Bonchev–Trinajstić information content (AvgIpc) is 2.94. The fourth-order valence-corrected chi connectivity index (χ4v) is 1.56. The largest absolute Gasteiger partial charge is 0.377 e. The van der Waals surface area contributed by atoms with Crippen molar-refractivity contribution in [3.63, 3.8) is 0 Å². The van der Waals surface area contributed by atoms with Crippen molar-refractivity contribution in [2.24, 2.45) is 0 Å². The Kier molecular flexibility index (Phi) is 5.75. The van der Waals surface area contributed by atoms with E-state index in [9.17, 15) is 8.78 Å². The van der Waals surface area contributed by atoms with E-state index < -0.39 is 6.43 Å². The molecule has 0 spiro atoms. The Bertz CT molecular complexity index is 497. The lowest BCUT2D eigenvalue weighted by molar-refractivity contribution is 0.122. The lowest BCUT2D eigenvalue weighted by Gasteiger charge is -2.00. The van der Waals surface area contributed by atoms with E-state index in [1.807, 2.05) is 23.9 Å². The fourth-order valence-electron chi connectivity index (χ4n) is 1.56. The quantitative estimate of drug-likeness (QED) is 0.889. The fraction of sp³-hybridized carbons (Fsp3) is 0.455. The Hall–Kier alpha value is -1.63. The second-order valence-corrected chi connectivity index (χ2v) is 3.86. The summed E-state index contributed by atoms with van der Waals surface area (Å²) in [6, 6.07) is 1.92. The van der Waals surface area contributed by atoms with E-state index in [2.05, 4.69) is 15.5 Å². The maximum Gasteiger partial charge on any atom is 0.257 e. The van der Waals surface area contributed by atoms with Crippen molar-refractivity contribution in [2.75, 3.05) is 5.32 Å². The van der Waals surface area contributed by atoms with Gasteiger partial charge in [-0.2, -0.15) is 10.2 Å². The van der Waals surface area contributed by atoms with Crippen molar-refractivity contribution in [1.82, 2.24) is 19.6 Å². The molecule has 0 aliphatic heterocycles. The molecular weight excluding hydrogens is 276 g/mol. The Labute approximate surface area is 116 Å². The summed E-state index contributed by atoms with van der Waals surface area (Å²) in [4.78, 5) is 0. The first kappa shape index (κ1) is 15.4. The van der Waals surface area contributed by atoms with Crippen LogP contribution in [0.25, 0.3) is 0 Å². The molecule has 0 atom stereocenters. The predicted molar refractivity (Wildman–Crippen MR) is 70.7 cm³/mol. The predicted octanol–water partition coefficient (Wildman–Crippen LogP) is 2.40. The minimum Gasteiger partial charge on any atom is -0.377 e. The standard InChI is InChI=1S/C11H15F2N5.ClH/c1-2-17-4-3-9(16-17)5-14-10-6-15-18(7-10)8-11(12)13;/h3-4,6-7,11,14H,2,5,8H2,1H3;1H. The smallest absolute Gasteiger partial charge is 0.257 e. The number of hydrogen-bond acceptors (Lipinski definition) is 3. The molecule has 0 unspecified atom stereocenters. The van der Waals surface area contributed by atoms with Gasteiger partial charge in [0.15, 0.2) is 0 Å². The topological polar surface area (TPSA) is 47.7 Å². The van der Waals surface area contributed by atoms with Crippen LogP contribution in [0.15, 0.2) is 24.7 Å². The van der Waals surface area contributed by atoms with E-state index in [-0.39, 0.29) is 19.0 Å². The highest BCUT2D eigenvalue weighted by Crippen LogP contribution is 2.08. The van der Waals surface area contributed by atoms with Gasteiger partial charge in [-0.15, -0.1) is 12.4 Å². The molecule has 0 aromatic carbocycles. The van der Waals surface area contributed by atoms with Crippen LogP contribution >= 0.6 is 12.4 Å². The molecule has 106 valence electrons. The number of nitrogens with zero attached hydrogens (tertiary/aromatic N) is 4. The molecule has 0 saturated heterocycles. The number of aromatic nitrogens is 4. The van der Waals surface area contributed by atoms with Crippen molar-refractivity contribution in [2.45, 2.75) is 33.0 Å². The highest BCUT2D eigenvalue weighted by atomic mass is 35.5. The van der Waals surface area contributed by atoms with Gasteiger partial charge in [-0.25, -0.2) is 8.78 Å². The zero-order valence-corrected chi connectivity index (χ0v) is 11.3. The minimum absolute atomic E-state index is 0. The summed E-state index contributed by atoms with van der Waals surface area (Å²) in [5.41, 5.74) is 1.61. The van der Waals surface area contributed by atoms with E-state index >= 15 is 0 Å². The van der Waals surface area contributed by atoms with E-state index in [1.165, 1.54) is 10.9 Å². The maximum absolute atomic E-state index is 12.1. The van der Waals surface area contributed by atoms with Gasteiger partial charge < -0.3 is 5.32 Å². The van der Waals surface area contributed by atoms with Gasteiger partial charge in [-0.05, 0) is 13.0 Å². The van der Waals surface area contributed by atoms with Gasteiger partial charge in [0.1, 0.15) is 6.54 Å². The molecule has 0 saturated carbocycles. The summed E-state index contributed by atoms with van der Waals surface area (Å²) in [5.74, 6) is 0. The molecule has 2 rings (SSSR count). The van der Waals surface area contributed by atoms with Crippen LogP contribution in [0.1, 0.15) is 12.6 Å². The number of aryl methyl sites for hydroxylation is 1. The first-order valence-electron chi connectivity index (χ1n) is 5.74. The van der Waals surface area contributed by atoms with Crippen molar-refractivity contribution >= 4 is 18.1 Å². The van der Waals surface area contributed by atoms with E-state index in [0.29, 0.717) is 12.2 Å². The van der Waals surface area contributed by atoms with E-state index in [0.717, 1.165) is 12.2 Å². The van der Waals surface area contributed by atoms with Crippen LogP contribution in [0.3, 0.4) is 0 Å². The Morgan fingerprint density at radius 3 is 2.79 bits per heavy atom. The van der Waals surface area contributed by atoms with Gasteiger partial charge in [0.25, 0.3) is 6.43 Å². The number of anilines is 1. The third kappa shape index (κ3) is 4.51. The molecule has 5 nitrogen and oxygen atoms in total. The summed E-state index contributed by atoms with van der Waals surface area (Å²) in [6.45, 7) is 3.00. The molecule has 0 bridgehead atoms. The van der Waals surface area contributed by atoms with Crippen molar-refractivity contribution < 1.29 is 8.78 Å². The van der Waals surface area contributed by atoms with Crippen molar-refractivity contribution in [1.29, 1.82) is 0 Å². The molecule has 0 aliphatic carbocycles. The molecule has 1 N–H and O–H groups in total. The van der Waals surface area contributed by atoms with Gasteiger partial charge >= 0.3 is 0 Å². The van der Waals surface area contributed by atoms with Crippen LogP contribution < -0.4 is 5.32 Å². The van der Waals surface area contributed by atoms with Gasteiger partial charge in [0.05, 0.1) is 24.1 Å². The molecule has 0 fully saturated rings. The number of nitrogens with one attached hydrogen (secondary N) is 1. The van der Waals surface area contributed by atoms with Gasteiger partial charge in [0.2, 0.25) is 0 Å². The van der Waals surface area contributed by atoms with Crippen LogP contribution in [0, 0.1) is 0 Å². The molecule has 0 aliphatic rings. The normalized spacial score (nSPS) is 10.5. The number of hydrogen-bond donors (Lipinski definition) is 1. The van der Waals surface area contributed by atoms with E-state index in [4.69, 9.17) is 0 Å². The highest BCUT2D eigenvalue weighted by Gasteiger charge is 2.05. The van der Waals surface area contributed by atoms with Crippen LogP contribution in [0.4, 0.5) is 14.5 Å². The van der Waals surface area contributed by atoms with E-state index in [1.54, 1.807) is 6.20 Å². The van der Waals surface area contributed by atoms with Crippen LogP contribution in [-0.4, -0.2) is 26.0 Å². The van der Waals surface area contributed by atoms with Crippen LogP contribution in [0.2, 0.25) is 0 Å². The molecule has 0 radical (unpaired) electrons. The Balaban J connectivity index is 0.00000180. The molecule has 2 aromatic rings. The third-order valence-corrected chi connectivity index (χ3v) is 2.45. The zero-order valence-electron chi connectivity index (χ0n) is 10.5. The minimum atomic E-state index is -2.39. The molecule has 2 aromatic heterocycles. The zero-order chi connectivity index (χ0) is 13.0. The first-order valence-corrected chi connectivity index (χ1v) is 5.74. The second-order valence-electron chi connectivity index (χ2n) is 3.86. The molecule has 8 heteroatoms. The maximum atomic E-state index is 12.1. The number of rotatable bonds is 6. The number of halogens is 3. The third-order valence-electron chi connectivity index (χ3n) is 2.45. The Morgan fingerprint density at radius 2 is 2.16 bits per heavy atom. The second kappa shape index (κ2) is 7.08. The van der Waals surface area contributed by atoms with Gasteiger partial charge in [-0.3, -0.25) is 9.36 Å². The Morgan fingerprint density at radius 1 is 1.37 bits per heavy atom. The number of alkyl halides is 2. The molecule has 2 heterocycles.